The predicted octanol–water partition coefficient (Wildman–Crippen LogP) is 4.15. The van der Waals surface area contributed by atoms with Gasteiger partial charge in [0.25, 0.3) is 5.91 Å². The molecule has 6 nitrogen and oxygen atoms in total. The van der Waals surface area contributed by atoms with Crippen molar-refractivity contribution >= 4 is 11.6 Å². The van der Waals surface area contributed by atoms with E-state index in [0.717, 1.165) is 11.3 Å². The van der Waals surface area contributed by atoms with Crippen LogP contribution in [0.4, 0.5) is 0 Å². The Bertz CT molecular complexity index is 974. The van der Waals surface area contributed by atoms with E-state index in [-0.39, 0.29) is 5.91 Å². The Morgan fingerprint density at radius 1 is 1.16 bits per heavy atom. The highest BCUT2D eigenvalue weighted by atomic mass is 16.5. The molecule has 1 N–H and O–H groups in total. The summed E-state index contributed by atoms with van der Waals surface area (Å²) in [5.74, 6) is 1.13. The number of carbonyl (C=O) groups is 1. The lowest BCUT2D eigenvalue weighted by Gasteiger charge is -2.35. The number of amides is 1. The van der Waals surface area contributed by atoms with Crippen LogP contribution in [0.15, 0.2) is 54.9 Å². The fourth-order valence-corrected chi connectivity index (χ4v) is 4.57. The first-order chi connectivity index (χ1) is 15.1. The topological polar surface area (TPSA) is 58.9 Å². The quantitative estimate of drug-likeness (QED) is 0.595. The molecule has 164 valence electrons. The Hall–Kier alpha value is -2.86. The average Bonchev–Trinajstić information content (AvgIpc) is 3.21. The second-order valence-electron chi connectivity index (χ2n) is 8.62. The molecule has 0 saturated heterocycles. The van der Waals surface area contributed by atoms with Gasteiger partial charge in [0.1, 0.15) is 18.0 Å². The van der Waals surface area contributed by atoms with Crippen LogP contribution in [0.25, 0.3) is 5.65 Å². The largest absolute Gasteiger partial charge is 0.486 e. The standard InChI is InChI=1S/C25H32N4O2/c1-28(2)22(19-10-4-3-5-11-19)16-26-25(30)21-12-6-7-13-23(21)31-18-20-17-29-15-9-8-14-24(29)27-20/h6-9,12-15,17,19,22H,3-5,10-11,16,18H2,1-2H3,(H,26,30). The van der Waals surface area contributed by atoms with E-state index in [9.17, 15) is 4.79 Å². The highest BCUT2D eigenvalue weighted by molar-refractivity contribution is 5.96. The number of fused-ring (bicyclic) bond motifs is 1. The van der Waals surface area contributed by atoms with Crippen LogP contribution in [0.3, 0.4) is 0 Å². The van der Waals surface area contributed by atoms with Crippen molar-refractivity contribution in [1.29, 1.82) is 0 Å². The summed E-state index contributed by atoms with van der Waals surface area (Å²) < 4.78 is 7.96. The van der Waals surface area contributed by atoms with Crippen molar-refractivity contribution in [2.75, 3.05) is 20.6 Å². The fourth-order valence-electron chi connectivity index (χ4n) is 4.57. The van der Waals surface area contributed by atoms with E-state index < -0.39 is 0 Å². The molecule has 0 aliphatic heterocycles. The molecule has 1 aromatic carbocycles. The van der Waals surface area contributed by atoms with Gasteiger partial charge in [0, 0.05) is 25.0 Å². The fraction of sp³-hybridized carbons (Fsp3) is 0.440. The van der Waals surface area contributed by atoms with Crippen LogP contribution >= 0.6 is 0 Å². The summed E-state index contributed by atoms with van der Waals surface area (Å²) in [6, 6.07) is 13.7. The van der Waals surface area contributed by atoms with Crippen LogP contribution in [0, 0.1) is 5.92 Å². The maximum absolute atomic E-state index is 13.0. The van der Waals surface area contributed by atoms with Gasteiger partial charge in [0.05, 0.1) is 11.3 Å². The van der Waals surface area contributed by atoms with Crippen molar-refractivity contribution in [2.45, 2.75) is 44.8 Å². The van der Waals surface area contributed by atoms with Crippen molar-refractivity contribution in [2.24, 2.45) is 5.92 Å². The molecule has 0 radical (unpaired) electrons. The van der Waals surface area contributed by atoms with E-state index in [0.29, 0.717) is 36.4 Å². The van der Waals surface area contributed by atoms with E-state index in [4.69, 9.17) is 4.74 Å². The molecule has 0 spiro atoms. The van der Waals surface area contributed by atoms with Crippen molar-refractivity contribution in [3.8, 4) is 5.75 Å². The first-order valence-electron chi connectivity index (χ1n) is 11.2. The molecular formula is C25H32N4O2. The number of likely N-dealkylation sites (N-methyl/N-ethyl adjacent to an activating group) is 1. The van der Waals surface area contributed by atoms with Crippen molar-refractivity contribution < 1.29 is 9.53 Å². The van der Waals surface area contributed by atoms with E-state index in [1.807, 2.05) is 59.3 Å². The number of nitrogens with zero attached hydrogens (tertiary/aromatic N) is 3. The van der Waals surface area contributed by atoms with Crippen LogP contribution in [0.2, 0.25) is 0 Å². The number of para-hydroxylation sites is 1. The van der Waals surface area contributed by atoms with Gasteiger partial charge in [-0.15, -0.1) is 0 Å². The summed E-state index contributed by atoms with van der Waals surface area (Å²) in [7, 11) is 4.22. The number of carbonyl (C=O) groups excluding carboxylic acids is 1. The maximum Gasteiger partial charge on any atom is 0.255 e. The third kappa shape index (κ3) is 5.25. The summed E-state index contributed by atoms with van der Waals surface area (Å²) in [6.45, 7) is 0.964. The summed E-state index contributed by atoms with van der Waals surface area (Å²) in [6.07, 6.45) is 10.3. The first-order valence-corrected chi connectivity index (χ1v) is 11.2. The van der Waals surface area contributed by atoms with Gasteiger partial charge in [-0.25, -0.2) is 4.98 Å². The highest BCUT2D eigenvalue weighted by Gasteiger charge is 2.26. The molecule has 6 heteroatoms. The van der Waals surface area contributed by atoms with Gasteiger partial charge in [-0.3, -0.25) is 4.79 Å². The predicted molar refractivity (Wildman–Crippen MR) is 122 cm³/mol. The Kier molecular flexibility index (Phi) is 6.87. The third-order valence-corrected chi connectivity index (χ3v) is 6.25. The SMILES string of the molecule is CN(C)C(CNC(=O)c1ccccc1OCc1cn2ccccc2n1)C1CCCCC1. The average molecular weight is 421 g/mol. The molecule has 1 saturated carbocycles. The zero-order valence-electron chi connectivity index (χ0n) is 18.5. The molecular weight excluding hydrogens is 388 g/mol. The summed E-state index contributed by atoms with van der Waals surface area (Å²) >= 11 is 0. The molecule has 31 heavy (non-hydrogen) atoms. The molecule has 1 aliphatic rings. The third-order valence-electron chi connectivity index (χ3n) is 6.25. The zero-order valence-corrected chi connectivity index (χ0v) is 18.5. The van der Waals surface area contributed by atoms with Crippen LogP contribution in [-0.2, 0) is 6.61 Å². The minimum Gasteiger partial charge on any atom is -0.486 e. The molecule has 1 atom stereocenters. The lowest BCUT2D eigenvalue weighted by Crippen LogP contribution is -2.45. The van der Waals surface area contributed by atoms with E-state index >= 15 is 0 Å². The monoisotopic (exact) mass is 420 g/mol. The lowest BCUT2D eigenvalue weighted by molar-refractivity contribution is 0.0917. The number of aromatic nitrogens is 2. The Morgan fingerprint density at radius 3 is 2.71 bits per heavy atom. The number of benzene rings is 1. The van der Waals surface area contributed by atoms with Crippen LogP contribution in [0.5, 0.6) is 5.75 Å². The van der Waals surface area contributed by atoms with E-state index in [1.165, 1.54) is 32.1 Å². The molecule has 1 amide bonds. The Morgan fingerprint density at radius 2 is 1.94 bits per heavy atom. The summed E-state index contributed by atoms with van der Waals surface area (Å²) in [5, 5.41) is 3.16. The van der Waals surface area contributed by atoms with Gasteiger partial charge in [-0.05, 0) is 57.1 Å². The molecule has 1 fully saturated rings. The van der Waals surface area contributed by atoms with Gasteiger partial charge >= 0.3 is 0 Å². The minimum absolute atomic E-state index is 0.0896. The molecule has 0 bridgehead atoms. The van der Waals surface area contributed by atoms with E-state index in [1.54, 1.807) is 0 Å². The number of hydrogen-bond acceptors (Lipinski definition) is 4. The Labute approximate surface area is 184 Å². The van der Waals surface area contributed by atoms with Gasteiger partial charge < -0.3 is 19.4 Å². The van der Waals surface area contributed by atoms with Gasteiger partial charge in [0.2, 0.25) is 0 Å². The molecule has 4 rings (SSSR count). The number of hydrogen-bond donors (Lipinski definition) is 1. The molecule has 2 heterocycles. The number of imidazole rings is 1. The zero-order chi connectivity index (χ0) is 21.6. The van der Waals surface area contributed by atoms with Crippen molar-refractivity contribution in [3.05, 3.63) is 66.1 Å². The van der Waals surface area contributed by atoms with Crippen LogP contribution in [-0.4, -0.2) is 46.9 Å². The number of rotatable bonds is 8. The number of pyridine rings is 1. The van der Waals surface area contributed by atoms with Crippen molar-refractivity contribution in [1.82, 2.24) is 19.6 Å². The number of ether oxygens (including phenoxy) is 1. The van der Waals surface area contributed by atoms with Gasteiger partial charge in [-0.2, -0.15) is 0 Å². The lowest BCUT2D eigenvalue weighted by atomic mass is 9.83. The molecule has 1 unspecified atom stereocenters. The summed E-state index contributed by atoms with van der Waals surface area (Å²) in [4.78, 5) is 19.8. The second kappa shape index (κ2) is 9.96. The highest BCUT2D eigenvalue weighted by Crippen LogP contribution is 2.28. The number of nitrogens with one attached hydrogen (secondary N) is 1. The van der Waals surface area contributed by atoms with Crippen LogP contribution in [0.1, 0.15) is 48.2 Å². The van der Waals surface area contributed by atoms with Crippen LogP contribution < -0.4 is 10.1 Å². The Balaban J connectivity index is 1.40. The molecule has 1 aliphatic carbocycles. The first kappa shape index (κ1) is 21.4. The maximum atomic E-state index is 13.0. The second-order valence-corrected chi connectivity index (χ2v) is 8.62. The summed E-state index contributed by atoms with van der Waals surface area (Å²) in [5.41, 5.74) is 2.27. The van der Waals surface area contributed by atoms with Gasteiger partial charge in [0.15, 0.2) is 0 Å². The smallest absolute Gasteiger partial charge is 0.255 e. The van der Waals surface area contributed by atoms with Gasteiger partial charge in [-0.1, -0.05) is 37.5 Å². The normalized spacial score (nSPS) is 15.8. The molecule has 2 aromatic heterocycles. The minimum atomic E-state index is -0.0896. The molecule has 3 aromatic rings. The van der Waals surface area contributed by atoms with E-state index in [2.05, 4.69) is 29.3 Å². The van der Waals surface area contributed by atoms with Crippen molar-refractivity contribution in [3.63, 3.8) is 0 Å².